The zero-order valence-corrected chi connectivity index (χ0v) is 29.6. The summed E-state index contributed by atoms with van der Waals surface area (Å²) in [5, 5.41) is 5.35. The summed E-state index contributed by atoms with van der Waals surface area (Å²) in [5.41, 5.74) is 13.2. The summed E-state index contributed by atoms with van der Waals surface area (Å²) >= 11 is 0. The molecule has 7 rings (SSSR count). The summed E-state index contributed by atoms with van der Waals surface area (Å²) in [5.74, 6) is 0. The molecule has 0 saturated carbocycles. The van der Waals surface area contributed by atoms with Crippen LogP contribution in [0.4, 0.5) is 0 Å². The number of fused-ring (bicyclic) bond motifs is 6. The van der Waals surface area contributed by atoms with E-state index in [1.165, 1.54) is 129 Å². The molecule has 0 N–H and O–H groups in total. The molecule has 0 unspecified atom stereocenters. The Hall–Kier alpha value is -4.30. The second-order valence-corrected chi connectivity index (χ2v) is 13.9. The van der Waals surface area contributed by atoms with Gasteiger partial charge in [0.05, 0.1) is 22.1 Å². The maximum absolute atomic E-state index is 2.50. The molecule has 0 atom stereocenters. The van der Waals surface area contributed by atoms with E-state index in [1.807, 2.05) is 0 Å². The minimum Gasteiger partial charge on any atom is -0.309 e. The molecule has 246 valence electrons. The van der Waals surface area contributed by atoms with E-state index in [0.717, 1.165) is 25.7 Å². The molecule has 0 fully saturated rings. The summed E-state index contributed by atoms with van der Waals surface area (Å²) in [6.07, 6.45) is 14.8. The van der Waals surface area contributed by atoms with Gasteiger partial charge >= 0.3 is 0 Å². The Morgan fingerprint density at radius 2 is 0.750 bits per heavy atom. The fourth-order valence-corrected chi connectivity index (χ4v) is 7.76. The first-order valence-electron chi connectivity index (χ1n) is 18.9. The smallest absolute Gasteiger partial charge is 0.0562 e. The molecular weight excluding hydrogens is 581 g/mol. The molecule has 2 nitrogen and oxygen atoms in total. The topological polar surface area (TPSA) is 9.86 Å². The van der Waals surface area contributed by atoms with Gasteiger partial charge in [0.1, 0.15) is 0 Å². The molecule has 5 aromatic carbocycles. The average molecular weight is 633 g/mol. The Labute approximate surface area is 287 Å². The van der Waals surface area contributed by atoms with Crippen molar-refractivity contribution in [3.8, 4) is 11.4 Å². The van der Waals surface area contributed by atoms with Crippen LogP contribution in [0.1, 0.15) is 101 Å². The minimum atomic E-state index is 1.03. The molecule has 2 heteroatoms. The molecule has 0 amide bonds. The van der Waals surface area contributed by atoms with Crippen LogP contribution < -0.4 is 0 Å². The molecule has 0 aliphatic rings. The van der Waals surface area contributed by atoms with E-state index in [9.17, 15) is 0 Å². The van der Waals surface area contributed by atoms with Crippen LogP contribution in [0.25, 0.3) is 55.0 Å². The summed E-state index contributed by atoms with van der Waals surface area (Å²) < 4.78 is 5.01. The van der Waals surface area contributed by atoms with Crippen LogP contribution in [0.2, 0.25) is 0 Å². The maximum atomic E-state index is 2.50. The van der Waals surface area contributed by atoms with E-state index in [-0.39, 0.29) is 0 Å². The Bertz CT molecular complexity index is 2000. The molecule has 0 spiro atoms. The number of benzene rings is 5. The predicted octanol–water partition coefficient (Wildman–Crippen LogP) is 13.3. The Kier molecular flexibility index (Phi) is 9.71. The highest BCUT2D eigenvalue weighted by molar-refractivity contribution is 6.19. The summed E-state index contributed by atoms with van der Waals surface area (Å²) in [6, 6.07) is 37.9. The van der Waals surface area contributed by atoms with Crippen LogP contribution >= 0.6 is 0 Å². The number of hydrogen-bond donors (Lipinski definition) is 0. The zero-order valence-electron chi connectivity index (χ0n) is 29.6. The Morgan fingerprint density at radius 1 is 0.354 bits per heavy atom. The lowest BCUT2D eigenvalue weighted by Crippen LogP contribution is -1.97. The first-order valence-corrected chi connectivity index (χ1v) is 18.9. The van der Waals surface area contributed by atoms with Crippen LogP contribution in [0.5, 0.6) is 0 Å². The fourth-order valence-electron chi connectivity index (χ4n) is 7.76. The van der Waals surface area contributed by atoms with Gasteiger partial charge in [-0.25, -0.2) is 0 Å². The number of nitrogens with zero attached hydrogens (tertiary/aromatic N) is 2. The van der Waals surface area contributed by atoms with E-state index in [0.29, 0.717) is 0 Å². The lowest BCUT2D eigenvalue weighted by Gasteiger charge is -2.11. The van der Waals surface area contributed by atoms with Crippen molar-refractivity contribution in [3.63, 3.8) is 0 Å². The molecule has 2 heterocycles. The highest BCUT2D eigenvalue weighted by Gasteiger charge is 2.19. The van der Waals surface area contributed by atoms with Gasteiger partial charge in [-0.3, -0.25) is 0 Å². The van der Waals surface area contributed by atoms with Crippen molar-refractivity contribution in [1.29, 1.82) is 0 Å². The third-order valence-electron chi connectivity index (χ3n) is 10.6. The van der Waals surface area contributed by atoms with Gasteiger partial charge in [-0.1, -0.05) is 103 Å². The second-order valence-electron chi connectivity index (χ2n) is 13.9. The van der Waals surface area contributed by atoms with Crippen molar-refractivity contribution in [3.05, 3.63) is 119 Å². The van der Waals surface area contributed by atoms with Crippen molar-refractivity contribution in [1.82, 2.24) is 9.13 Å². The fraction of sp³-hybridized carbons (Fsp3) is 0.348. The Morgan fingerprint density at radius 3 is 1.15 bits per heavy atom. The van der Waals surface area contributed by atoms with Gasteiger partial charge < -0.3 is 9.13 Å². The van der Waals surface area contributed by atoms with Crippen molar-refractivity contribution in [2.24, 2.45) is 0 Å². The average Bonchev–Trinajstić information content (AvgIpc) is 3.62. The van der Waals surface area contributed by atoms with Crippen molar-refractivity contribution >= 4 is 43.6 Å². The monoisotopic (exact) mass is 632 g/mol. The molecule has 2 aromatic heterocycles. The molecule has 7 aromatic rings. The predicted molar refractivity (Wildman–Crippen MR) is 210 cm³/mol. The normalized spacial score (nSPS) is 11.9. The Balaban J connectivity index is 1.41. The molecule has 0 aliphatic carbocycles. The van der Waals surface area contributed by atoms with Gasteiger partial charge in [0.25, 0.3) is 0 Å². The number of unbranched alkanes of at least 4 members (excludes halogenated alkanes) is 6. The van der Waals surface area contributed by atoms with E-state index >= 15 is 0 Å². The van der Waals surface area contributed by atoms with Crippen molar-refractivity contribution in [2.75, 3.05) is 0 Å². The molecule has 0 bridgehead atoms. The van der Waals surface area contributed by atoms with E-state index in [1.54, 1.807) is 0 Å². The molecule has 0 aliphatic heterocycles. The lowest BCUT2D eigenvalue weighted by molar-refractivity contribution is 0.667. The van der Waals surface area contributed by atoms with Gasteiger partial charge in [0.2, 0.25) is 0 Å². The number of rotatable bonds is 14. The van der Waals surface area contributed by atoms with Gasteiger partial charge in [0.15, 0.2) is 0 Å². The minimum absolute atomic E-state index is 1.03. The highest BCUT2D eigenvalue weighted by atomic mass is 15.0. The highest BCUT2D eigenvalue weighted by Crippen LogP contribution is 2.40. The molecule has 48 heavy (non-hydrogen) atoms. The van der Waals surface area contributed by atoms with Crippen molar-refractivity contribution in [2.45, 2.75) is 105 Å². The number of hydrogen-bond acceptors (Lipinski definition) is 0. The van der Waals surface area contributed by atoms with Crippen LogP contribution in [0, 0.1) is 0 Å². The molecular formula is C46H52N2. The van der Waals surface area contributed by atoms with Gasteiger partial charge in [0, 0.05) is 32.9 Å². The summed E-state index contributed by atoms with van der Waals surface area (Å²) in [7, 11) is 0. The third kappa shape index (κ3) is 6.18. The van der Waals surface area contributed by atoms with Crippen LogP contribution in [-0.2, 0) is 25.7 Å². The lowest BCUT2D eigenvalue weighted by atomic mass is 10.0. The van der Waals surface area contributed by atoms with E-state index in [4.69, 9.17) is 0 Å². The van der Waals surface area contributed by atoms with Gasteiger partial charge in [-0.05, 0) is 121 Å². The van der Waals surface area contributed by atoms with E-state index in [2.05, 4.69) is 134 Å². The largest absolute Gasteiger partial charge is 0.309 e. The first kappa shape index (κ1) is 32.3. The molecule has 0 radical (unpaired) electrons. The number of aromatic nitrogens is 2. The quantitative estimate of drug-likeness (QED) is 0.106. The zero-order chi connectivity index (χ0) is 33.0. The van der Waals surface area contributed by atoms with E-state index < -0.39 is 0 Å². The SMILES string of the molecule is CCCCCCc1ccc(-n2c3ccc(CC)cc3c3cc4c5cc(CC)ccc5n(-c5ccc(CCCCCC)cc5)c4cc32)cc1. The van der Waals surface area contributed by atoms with Crippen LogP contribution in [0.3, 0.4) is 0 Å². The molecule has 0 saturated heterocycles. The van der Waals surface area contributed by atoms with Gasteiger partial charge in [-0.2, -0.15) is 0 Å². The summed E-state index contributed by atoms with van der Waals surface area (Å²) in [6.45, 7) is 9.08. The standard InChI is InChI=1S/C46H52N2/c1-5-9-11-13-15-35-17-23-37(24-18-35)47-43-27-21-33(7-3)29-39(43)41-31-42-40-30-34(8-4)22-28-44(40)48(46(42)32-45(41)47)38-25-19-36(20-26-38)16-14-12-10-6-2/h17-32H,5-16H2,1-4H3. The maximum Gasteiger partial charge on any atom is 0.0562 e. The summed E-state index contributed by atoms with van der Waals surface area (Å²) in [4.78, 5) is 0. The van der Waals surface area contributed by atoms with Crippen molar-refractivity contribution < 1.29 is 0 Å². The van der Waals surface area contributed by atoms with Crippen LogP contribution in [-0.4, -0.2) is 9.13 Å². The second kappa shape index (κ2) is 14.4. The third-order valence-corrected chi connectivity index (χ3v) is 10.6. The van der Waals surface area contributed by atoms with Crippen LogP contribution in [0.15, 0.2) is 97.1 Å². The van der Waals surface area contributed by atoms with Gasteiger partial charge in [-0.15, -0.1) is 0 Å². The first-order chi connectivity index (χ1) is 23.6. The number of aryl methyl sites for hydroxylation is 4.